The van der Waals surface area contributed by atoms with Crippen LogP contribution in [-0.4, -0.2) is 4.57 Å². The Morgan fingerprint density at radius 2 is 0.945 bits per heavy atom. The number of aromatic nitrogens is 1. The number of fused-ring (bicyclic) bond motifs is 7. The normalized spacial score (nSPS) is 11.6. The lowest BCUT2D eigenvalue weighted by Crippen LogP contribution is -2.10. The average Bonchev–Trinajstić information content (AvgIpc) is 3.78. The van der Waals surface area contributed by atoms with Gasteiger partial charge in [-0.3, -0.25) is 0 Å². The number of benzene rings is 9. The van der Waals surface area contributed by atoms with E-state index >= 15 is 0 Å². The number of para-hydroxylation sites is 3. The van der Waals surface area contributed by atoms with Gasteiger partial charge in [0, 0.05) is 44.3 Å². The first-order valence-electron chi connectivity index (χ1n) is 18.7. The minimum Gasteiger partial charge on any atom is -0.456 e. The molecule has 2 heterocycles. The third-order valence-electron chi connectivity index (χ3n) is 10.9. The van der Waals surface area contributed by atoms with Crippen LogP contribution in [0, 0.1) is 0 Å². The first-order chi connectivity index (χ1) is 27.2. The van der Waals surface area contributed by atoms with Gasteiger partial charge in [0.05, 0.1) is 11.0 Å². The second-order valence-corrected chi connectivity index (χ2v) is 14.2. The molecule has 0 amide bonds. The molecular formula is C52H34N2O. The van der Waals surface area contributed by atoms with Crippen LogP contribution in [-0.2, 0) is 0 Å². The number of furan rings is 1. The van der Waals surface area contributed by atoms with Crippen LogP contribution in [0.3, 0.4) is 0 Å². The standard InChI is InChI=1S/C52H34N2O/c1-3-13-35(14-4-1)36-15-11-19-42(30-36)53(44-27-28-52-48(34-44)46-22-8-10-24-51(46)55-52)43-20-12-16-37(31-43)38-25-26-39-33-50-47(32-40(39)29-38)45-21-7-9-23-49(45)54(50)41-17-5-2-6-18-41/h1-34H. The molecule has 0 spiro atoms. The van der Waals surface area contributed by atoms with Crippen molar-refractivity contribution in [2.45, 2.75) is 0 Å². The monoisotopic (exact) mass is 702 g/mol. The van der Waals surface area contributed by atoms with Gasteiger partial charge >= 0.3 is 0 Å². The van der Waals surface area contributed by atoms with E-state index in [1.807, 2.05) is 12.1 Å². The van der Waals surface area contributed by atoms with E-state index < -0.39 is 0 Å². The van der Waals surface area contributed by atoms with Gasteiger partial charge in [0.2, 0.25) is 0 Å². The number of nitrogens with zero attached hydrogens (tertiary/aromatic N) is 2. The highest BCUT2D eigenvalue weighted by Crippen LogP contribution is 2.42. The molecule has 0 N–H and O–H groups in total. The minimum absolute atomic E-state index is 0.883. The molecule has 55 heavy (non-hydrogen) atoms. The number of anilines is 3. The molecule has 0 bridgehead atoms. The predicted octanol–water partition coefficient (Wildman–Crippen LogP) is 14.6. The maximum absolute atomic E-state index is 6.24. The molecule has 0 fully saturated rings. The first kappa shape index (κ1) is 31.2. The van der Waals surface area contributed by atoms with Gasteiger partial charge in [-0.25, -0.2) is 0 Å². The van der Waals surface area contributed by atoms with E-state index in [0.29, 0.717) is 0 Å². The van der Waals surface area contributed by atoms with E-state index in [9.17, 15) is 0 Å². The largest absolute Gasteiger partial charge is 0.456 e. The van der Waals surface area contributed by atoms with Crippen molar-refractivity contribution in [3.8, 4) is 27.9 Å². The highest BCUT2D eigenvalue weighted by molar-refractivity contribution is 6.14. The smallest absolute Gasteiger partial charge is 0.135 e. The summed E-state index contributed by atoms with van der Waals surface area (Å²) in [6.45, 7) is 0. The summed E-state index contributed by atoms with van der Waals surface area (Å²) in [5.41, 5.74) is 13.3. The second kappa shape index (κ2) is 12.6. The summed E-state index contributed by atoms with van der Waals surface area (Å²) in [7, 11) is 0. The Balaban J connectivity index is 1.06. The van der Waals surface area contributed by atoms with E-state index in [-0.39, 0.29) is 0 Å². The van der Waals surface area contributed by atoms with Crippen molar-refractivity contribution in [1.82, 2.24) is 4.57 Å². The number of hydrogen-bond donors (Lipinski definition) is 0. The van der Waals surface area contributed by atoms with Crippen LogP contribution in [0.2, 0.25) is 0 Å². The minimum atomic E-state index is 0.883. The molecule has 9 aromatic carbocycles. The van der Waals surface area contributed by atoms with Crippen molar-refractivity contribution in [3.05, 3.63) is 206 Å². The molecule has 11 aromatic rings. The van der Waals surface area contributed by atoms with Crippen molar-refractivity contribution in [2.75, 3.05) is 4.90 Å². The summed E-state index contributed by atoms with van der Waals surface area (Å²) in [5, 5.41) is 7.16. The highest BCUT2D eigenvalue weighted by atomic mass is 16.3. The van der Waals surface area contributed by atoms with Crippen molar-refractivity contribution < 1.29 is 4.42 Å². The van der Waals surface area contributed by atoms with E-state index in [2.05, 4.69) is 204 Å². The Morgan fingerprint density at radius 1 is 0.327 bits per heavy atom. The molecule has 0 unspecified atom stereocenters. The Hall–Kier alpha value is -7.36. The SMILES string of the molecule is c1ccc(-c2cccc(N(c3cccc(-c4ccc5cc6c(cc5c4)c4ccccc4n6-c4ccccc4)c3)c3ccc4oc5ccccc5c4c3)c2)cc1. The van der Waals surface area contributed by atoms with E-state index in [1.54, 1.807) is 0 Å². The zero-order valence-corrected chi connectivity index (χ0v) is 29.9. The molecule has 0 saturated heterocycles. The molecule has 0 saturated carbocycles. The molecule has 0 aliphatic heterocycles. The lowest BCUT2D eigenvalue weighted by Gasteiger charge is -2.26. The second-order valence-electron chi connectivity index (χ2n) is 14.2. The molecule has 2 aromatic heterocycles. The van der Waals surface area contributed by atoms with Crippen molar-refractivity contribution in [1.29, 1.82) is 0 Å². The van der Waals surface area contributed by atoms with Crippen LogP contribution in [0.25, 0.3) is 82.5 Å². The van der Waals surface area contributed by atoms with Crippen LogP contribution < -0.4 is 4.90 Å². The summed E-state index contributed by atoms with van der Waals surface area (Å²) in [4.78, 5) is 2.36. The Bertz CT molecular complexity index is 3210. The van der Waals surface area contributed by atoms with Gasteiger partial charge in [-0.2, -0.15) is 0 Å². The maximum Gasteiger partial charge on any atom is 0.135 e. The molecule has 258 valence electrons. The van der Waals surface area contributed by atoms with Crippen LogP contribution >= 0.6 is 0 Å². The van der Waals surface area contributed by atoms with Crippen LogP contribution in [0.5, 0.6) is 0 Å². The fraction of sp³-hybridized carbons (Fsp3) is 0. The molecule has 0 atom stereocenters. The molecule has 0 radical (unpaired) electrons. The average molecular weight is 703 g/mol. The highest BCUT2D eigenvalue weighted by Gasteiger charge is 2.18. The molecule has 3 heteroatoms. The predicted molar refractivity (Wildman–Crippen MR) is 231 cm³/mol. The molecule has 0 aliphatic carbocycles. The molecular weight excluding hydrogens is 669 g/mol. The van der Waals surface area contributed by atoms with Crippen LogP contribution in [0.1, 0.15) is 0 Å². The molecule has 11 rings (SSSR count). The lowest BCUT2D eigenvalue weighted by atomic mass is 9.98. The Morgan fingerprint density at radius 3 is 1.75 bits per heavy atom. The van der Waals surface area contributed by atoms with Gasteiger partial charge in [-0.05, 0) is 118 Å². The third-order valence-corrected chi connectivity index (χ3v) is 10.9. The third kappa shape index (κ3) is 5.28. The summed E-state index contributed by atoms with van der Waals surface area (Å²) in [6.07, 6.45) is 0. The van der Waals surface area contributed by atoms with Gasteiger partial charge in [0.1, 0.15) is 11.2 Å². The van der Waals surface area contributed by atoms with Gasteiger partial charge in [-0.1, -0.05) is 121 Å². The van der Waals surface area contributed by atoms with E-state index in [1.165, 1.54) is 55.0 Å². The van der Waals surface area contributed by atoms with Crippen molar-refractivity contribution in [3.63, 3.8) is 0 Å². The zero-order valence-electron chi connectivity index (χ0n) is 29.9. The zero-order chi connectivity index (χ0) is 36.3. The van der Waals surface area contributed by atoms with E-state index in [0.717, 1.165) is 44.6 Å². The topological polar surface area (TPSA) is 21.3 Å². The summed E-state index contributed by atoms with van der Waals surface area (Å²) < 4.78 is 8.62. The fourth-order valence-electron chi connectivity index (χ4n) is 8.33. The van der Waals surface area contributed by atoms with Crippen LogP contribution in [0.15, 0.2) is 211 Å². The maximum atomic E-state index is 6.24. The van der Waals surface area contributed by atoms with Gasteiger partial charge < -0.3 is 13.9 Å². The first-order valence-corrected chi connectivity index (χ1v) is 18.7. The van der Waals surface area contributed by atoms with Gasteiger partial charge in [0.25, 0.3) is 0 Å². The Labute approximate surface area is 318 Å². The number of hydrogen-bond acceptors (Lipinski definition) is 2. The van der Waals surface area contributed by atoms with Crippen molar-refractivity contribution >= 4 is 71.6 Å². The van der Waals surface area contributed by atoms with E-state index in [4.69, 9.17) is 4.42 Å². The summed E-state index contributed by atoms with van der Waals surface area (Å²) in [5.74, 6) is 0. The molecule has 3 nitrogen and oxygen atoms in total. The number of rotatable bonds is 6. The summed E-state index contributed by atoms with van der Waals surface area (Å²) in [6, 6.07) is 74.1. The Kier molecular flexibility index (Phi) is 7.17. The lowest BCUT2D eigenvalue weighted by molar-refractivity contribution is 0.669. The quantitative estimate of drug-likeness (QED) is 0.172. The van der Waals surface area contributed by atoms with Crippen molar-refractivity contribution in [2.24, 2.45) is 0 Å². The summed E-state index contributed by atoms with van der Waals surface area (Å²) >= 11 is 0. The van der Waals surface area contributed by atoms with Gasteiger partial charge in [-0.15, -0.1) is 0 Å². The van der Waals surface area contributed by atoms with Crippen LogP contribution in [0.4, 0.5) is 17.1 Å². The molecule has 0 aliphatic rings. The van der Waals surface area contributed by atoms with Gasteiger partial charge in [0.15, 0.2) is 0 Å². The fourth-order valence-corrected chi connectivity index (χ4v) is 8.33.